The van der Waals surface area contributed by atoms with E-state index in [9.17, 15) is 9.59 Å². The summed E-state index contributed by atoms with van der Waals surface area (Å²) >= 11 is 12.3. The first-order chi connectivity index (χ1) is 14.9. The molecule has 9 heteroatoms. The lowest BCUT2D eigenvalue weighted by atomic mass is 10.1. The van der Waals surface area contributed by atoms with Gasteiger partial charge in [0.15, 0.2) is 11.5 Å². The Balaban J connectivity index is 1.56. The van der Waals surface area contributed by atoms with Crippen molar-refractivity contribution in [1.29, 1.82) is 0 Å². The van der Waals surface area contributed by atoms with Crippen LogP contribution < -0.4 is 15.0 Å². The van der Waals surface area contributed by atoms with Gasteiger partial charge in [-0.1, -0.05) is 30.1 Å². The summed E-state index contributed by atoms with van der Waals surface area (Å²) in [5.74, 6) is 1.34. The smallest absolute Gasteiger partial charge is 0.258 e. The summed E-state index contributed by atoms with van der Waals surface area (Å²) in [6.07, 6.45) is 0.900. The summed E-state index contributed by atoms with van der Waals surface area (Å²) in [6, 6.07) is 8.41. The number of amides is 1. The average Bonchev–Trinajstić information content (AvgIpc) is 2.73. The number of fused-ring (bicyclic) bond motifs is 2. The number of benzene rings is 2. The third-order valence-electron chi connectivity index (χ3n) is 4.92. The largest absolute Gasteiger partial charge is 0.486 e. The van der Waals surface area contributed by atoms with Crippen LogP contribution in [-0.2, 0) is 17.8 Å². The maximum atomic E-state index is 13.1. The van der Waals surface area contributed by atoms with Crippen molar-refractivity contribution in [3.63, 3.8) is 0 Å². The zero-order chi connectivity index (χ0) is 22.0. The number of carbonyl (C=O) groups excluding carboxylic acids is 1. The summed E-state index contributed by atoms with van der Waals surface area (Å²) in [5, 5.41) is 1.36. The van der Waals surface area contributed by atoms with Gasteiger partial charge < -0.3 is 19.4 Å². The molecule has 1 aliphatic heterocycles. The van der Waals surface area contributed by atoms with Gasteiger partial charge in [0.1, 0.15) is 19.0 Å². The molecule has 2 heterocycles. The second kappa shape index (κ2) is 9.16. The lowest BCUT2D eigenvalue weighted by Gasteiger charge is -2.23. The van der Waals surface area contributed by atoms with Crippen molar-refractivity contribution >= 4 is 40.0 Å². The van der Waals surface area contributed by atoms with Crippen molar-refractivity contribution in [1.82, 2.24) is 14.9 Å². The van der Waals surface area contributed by atoms with Crippen LogP contribution in [0.2, 0.25) is 10.0 Å². The Kier molecular flexibility index (Phi) is 6.34. The Morgan fingerprint density at radius 1 is 1.19 bits per heavy atom. The van der Waals surface area contributed by atoms with Gasteiger partial charge in [0.05, 0.1) is 28.9 Å². The Morgan fingerprint density at radius 3 is 2.81 bits per heavy atom. The molecule has 31 heavy (non-hydrogen) atoms. The number of aromatic amines is 1. The molecule has 0 saturated heterocycles. The SMILES string of the molecule is CCCN(Cc1nc2cc(Cl)ccc2c(=O)[nH]1)C(=O)Cc1cc(Cl)c2c(c1)OCCO2. The van der Waals surface area contributed by atoms with E-state index in [-0.39, 0.29) is 24.4 Å². The average molecular weight is 462 g/mol. The van der Waals surface area contributed by atoms with E-state index < -0.39 is 0 Å². The zero-order valence-electron chi connectivity index (χ0n) is 16.9. The number of nitrogens with zero attached hydrogens (tertiary/aromatic N) is 2. The molecule has 162 valence electrons. The Hall–Kier alpha value is -2.77. The molecule has 0 atom stereocenters. The standard InChI is InChI=1S/C22H21Cl2N3O4/c1-2-5-27(12-19-25-17-11-14(23)3-4-15(17)22(29)26-19)20(28)10-13-8-16(24)21-18(9-13)30-6-7-31-21/h3-4,8-9,11H,2,5-7,10,12H2,1H3,(H,25,26,29). The first-order valence-electron chi connectivity index (χ1n) is 9.99. The third kappa shape index (κ3) is 4.78. The molecule has 0 aliphatic carbocycles. The number of ether oxygens (including phenoxy) is 2. The number of H-pyrrole nitrogens is 1. The monoisotopic (exact) mass is 461 g/mol. The van der Waals surface area contributed by atoms with Gasteiger partial charge in [-0.25, -0.2) is 4.98 Å². The van der Waals surface area contributed by atoms with Crippen molar-refractivity contribution in [2.24, 2.45) is 0 Å². The van der Waals surface area contributed by atoms with Gasteiger partial charge in [-0.2, -0.15) is 0 Å². The summed E-state index contributed by atoms with van der Waals surface area (Å²) < 4.78 is 11.1. The molecule has 1 aliphatic rings. The fraction of sp³-hybridized carbons (Fsp3) is 0.318. The highest BCUT2D eigenvalue weighted by Crippen LogP contribution is 2.38. The molecule has 0 unspecified atom stereocenters. The van der Waals surface area contributed by atoms with Crippen LogP contribution in [0.4, 0.5) is 0 Å². The molecule has 1 amide bonds. The fourth-order valence-electron chi connectivity index (χ4n) is 3.53. The van der Waals surface area contributed by atoms with E-state index in [4.69, 9.17) is 32.7 Å². The van der Waals surface area contributed by atoms with Crippen molar-refractivity contribution in [3.05, 3.63) is 62.1 Å². The van der Waals surface area contributed by atoms with Gasteiger partial charge in [0.25, 0.3) is 5.56 Å². The van der Waals surface area contributed by atoms with Crippen LogP contribution in [0, 0.1) is 0 Å². The normalized spacial score (nSPS) is 12.7. The van der Waals surface area contributed by atoms with Gasteiger partial charge >= 0.3 is 0 Å². The first kappa shape index (κ1) is 21.5. The van der Waals surface area contributed by atoms with Gasteiger partial charge in [-0.05, 0) is 42.3 Å². The maximum Gasteiger partial charge on any atom is 0.258 e. The van der Waals surface area contributed by atoms with Gasteiger partial charge in [-0.15, -0.1) is 0 Å². The van der Waals surface area contributed by atoms with E-state index in [1.54, 1.807) is 35.2 Å². The quantitative estimate of drug-likeness (QED) is 0.599. The zero-order valence-corrected chi connectivity index (χ0v) is 18.4. The highest BCUT2D eigenvalue weighted by molar-refractivity contribution is 6.32. The van der Waals surface area contributed by atoms with E-state index in [1.165, 1.54) is 0 Å². The van der Waals surface area contributed by atoms with Crippen LogP contribution in [0.15, 0.2) is 35.1 Å². The Labute approximate surface area is 188 Å². The minimum atomic E-state index is -0.265. The number of nitrogens with one attached hydrogen (secondary N) is 1. The maximum absolute atomic E-state index is 13.1. The summed E-state index contributed by atoms with van der Waals surface area (Å²) in [5.41, 5.74) is 0.958. The molecular formula is C22H21Cl2N3O4. The molecule has 3 aromatic rings. The Morgan fingerprint density at radius 2 is 2.00 bits per heavy atom. The molecule has 0 bridgehead atoms. The summed E-state index contributed by atoms with van der Waals surface area (Å²) in [4.78, 5) is 34.4. The number of aromatic nitrogens is 2. The third-order valence-corrected chi connectivity index (χ3v) is 5.43. The highest BCUT2D eigenvalue weighted by Gasteiger charge is 2.20. The fourth-order valence-corrected chi connectivity index (χ4v) is 3.99. The molecular weight excluding hydrogens is 441 g/mol. The van der Waals surface area contributed by atoms with Crippen LogP contribution in [0.25, 0.3) is 10.9 Å². The second-order valence-corrected chi connectivity index (χ2v) is 8.11. The van der Waals surface area contributed by atoms with Gasteiger partial charge in [0, 0.05) is 11.6 Å². The predicted molar refractivity (Wildman–Crippen MR) is 119 cm³/mol. The molecule has 0 spiro atoms. The molecule has 2 aromatic carbocycles. The molecule has 0 fully saturated rings. The molecule has 0 radical (unpaired) electrons. The molecule has 0 saturated carbocycles. The number of halogens is 2. The molecule has 4 rings (SSSR count). The first-order valence-corrected chi connectivity index (χ1v) is 10.7. The second-order valence-electron chi connectivity index (χ2n) is 7.27. The van der Waals surface area contributed by atoms with E-state index in [2.05, 4.69) is 9.97 Å². The topological polar surface area (TPSA) is 84.5 Å². The number of carbonyl (C=O) groups is 1. The summed E-state index contributed by atoms with van der Waals surface area (Å²) in [6.45, 7) is 3.57. The molecule has 1 N–H and O–H groups in total. The van der Waals surface area contributed by atoms with Crippen LogP contribution in [-0.4, -0.2) is 40.5 Å². The highest BCUT2D eigenvalue weighted by atomic mass is 35.5. The van der Waals surface area contributed by atoms with Gasteiger partial charge in [0.2, 0.25) is 5.91 Å². The van der Waals surface area contributed by atoms with E-state index in [0.717, 1.165) is 12.0 Å². The van der Waals surface area contributed by atoms with Gasteiger partial charge in [-0.3, -0.25) is 9.59 Å². The predicted octanol–water partition coefficient (Wildman–Crippen LogP) is 3.98. The molecule has 7 nitrogen and oxygen atoms in total. The number of hydrogen-bond donors (Lipinski definition) is 1. The van der Waals surface area contributed by atoms with Crippen LogP contribution in [0.5, 0.6) is 11.5 Å². The lowest BCUT2D eigenvalue weighted by Crippen LogP contribution is -2.34. The Bertz CT molecular complexity index is 1200. The van der Waals surface area contributed by atoms with Crippen molar-refractivity contribution in [2.45, 2.75) is 26.3 Å². The van der Waals surface area contributed by atoms with E-state index in [0.29, 0.717) is 58.0 Å². The van der Waals surface area contributed by atoms with Crippen molar-refractivity contribution in [2.75, 3.05) is 19.8 Å². The van der Waals surface area contributed by atoms with E-state index >= 15 is 0 Å². The number of hydrogen-bond acceptors (Lipinski definition) is 5. The van der Waals surface area contributed by atoms with Crippen LogP contribution in [0.3, 0.4) is 0 Å². The minimum absolute atomic E-state index is 0.108. The van der Waals surface area contributed by atoms with Crippen molar-refractivity contribution < 1.29 is 14.3 Å². The van der Waals surface area contributed by atoms with E-state index in [1.807, 2.05) is 6.92 Å². The minimum Gasteiger partial charge on any atom is -0.486 e. The van der Waals surface area contributed by atoms with Crippen molar-refractivity contribution in [3.8, 4) is 11.5 Å². The summed E-state index contributed by atoms with van der Waals surface area (Å²) in [7, 11) is 0. The lowest BCUT2D eigenvalue weighted by molar-refractivity contribution is -0.131. The van der Waals surface area contributed by atoms with Crippen LogP contribution >= 0.6 is 23.2 Å². The number of rotatable bonds is 6. The van der Waals surface area contributed by atoms with Crippen LogP contribution in [0.1, 0.15) is 24.7 Å². The molecule has 1 aromatic heterocycles.